The van der Waals surface area contributed by atoms with Crippen molar-refractivity contribution in [3.8, 4) is 11.5 Å². The van der Waals surface area contributed by atoms with Gasteiger partial charge < -0.3 is 14.2 Å². The summed E-state index contributed by atoms with van der Waals surface area (Å²) in [5.74, 6) is 1.20. The molecule has 0 unspecified atom stereocenters. The van der Waals surface area contributed by atoms with Crippen LogP contribution in [-0.2, 0) is 16.0 Å². The number of methoxy groups -OCH3 is 2. The van der Waals surface area contributed by atoms with Gasteiger partial charge in [0, 0.05) is 6.42 Å². The van der Waals surface area contributed by atoms with E-state index in [1.165, 1.54) is 7.11 Å². The summed E-state index contributed by atoms with van der Waals surface area (Å²) in [5.41, 5.74) is 1.03. The first-order valence-corrected chi connectivity index (χ1v) is 5.57. The molecular formula is C13H18O4. The van der Waals surface area contributed by atoms with E-state index in [0.717, 1.165) is 5.56 Å². The van der Waals surface area contributed by atoms with Gasteiger partial charge in [0.05, 0.1) is 20.8 Å². The highest BCUT2D eigenvalue weighted by molar-refractivity contribution is 5.69. The second kappa shape index (κ2) is 6.78. The fraction of sp³-hybridized carbons (Fsp3) is 0.462. The lowest BCUT2D eigenvalue weighted by Crippen LogP contribution is -2.02. The molecule has 4 nitrogen and oxygen atoms in total. The summed E-state index contributed by atoms with van der Waals surface area (Å²) in [7, 11) is 2.99. The first-order chi connectivity index (χ1) is 8.21. The summed E-state index contributed by atoms with van der Waals surface area (Å²) in [6.45, 7) is 2.50. The molecule has 0 spiro atoms. The molecule has 4 heteroatoms. The Bertz CT molecular complexity index is 374. The Morgan fingerprint density at radius 1 is 1.24 bits per heavy atom. The topological polar surface area (TPSA) is 44.8 Å². The number of aryl methyl sites for hydroxylation is 1. The zero-order chi connectivity index (χ0) is 12.7. The summed E-state index contributed by atoms with van der Waals surface area (Å²) in [6, 6.07) is 5.66. The van der Waals surface area contributed by atoms with Gasteiger partial charge in [-0.15, -0.1) is 0 Å². The van der Waals surface area contributed by atoms with Crippen LogP contribution in [0.15, 0.2) is 18.2 Å². The highest BCUT2D eigenvalue weighted by Gasteiger charge is 2.07. The first-order valence-electron chi connectivity index (χ1n) is 5.57. The van der Waals surface area contributed by atoms with Gasteiger partial charge in [-0.1, -0.05) is 6.07 Å². The smallest absolute Gasteiger partial charge is 0.305 e. The van der Waals surface area contributed by atoms with Crippen LogP contribution in [-0.4, -0.2) is 26.8 Å². The molecule has 0 N–H and O–H groups in total. The van der Waals surface area contributed by atoms with Gasteiger partial charge in [0.25, 0.3) is 0 Å². The van der Waals surface area contributed by atoms with Crippen LogP contribution in [0.5, 0.6) is 11.5 Å². The van der Waals surface area contributed by atoms with Gasteiger partial charge in [-0.2, -0.15) is 0 Å². The van der Waals surface area contributed by atoms with Crippen molar-refractivity contribution in [2.45, 2.75) is 19.8 Å². The number of rotatable bonds is 6. The number of esters is 1. The van der Waals surface area contributed by atoms with Crippen molar-refractivity contribution in [3.63, 3.8) is 0 Å². The minimum Gasteiger partial charge on any atom is -0.493 e. The monoisotopic (exact) mass is 238 g/mol. The van der Waals surface area contributed by atoms with Crippen LogP contribution in [0.25, 0.3) is 0 Å². The summed E-state index contributed by atoms with van der Waals surface area (Å²) < 4.78 is 15.2. The lowest BCUT2D eigenvalue weighted by molar-refractivity contribution is -0.140. The normalized spacial score (nSPS) is 9.82. The second-order valence-electron chi connectivity index (χ2n) is 3.49. The summed E-state index contributed by atoms with van der Waals surface area (Å²) >= 11 is 0. The first kappa shape index (κ1) is 13.4. The van der Waals surface area contributed by atoms with Crippen LogP contribution in [0.3, 0.4) is 0 Å². The zero-order valence-corrected chi connectivity index (χ0v) is 10.5. The Balaban J connectivity index is 2.73. The molecule has 1 aromatic rings. The minimum absolute atomic E-state index is 0.209. The molecule has 1 rings (SSSR count). The largest absolute Gasteiger partial charge is 0.493 e. The van der Waals surface area contributed by atoms with Crippen LogP contribution >= 0.6 is 0 Å². The quantitative estimate of drug-likeness (QED) is 0.713. The highest BCUT2D eigenvalue weighted by Crippen LogP contribution is 2.28. The molecular weight excluding hydrogens is 220 g/mol. The van der Waals surface area contributed by atoms with E-state index in [4.69, 9.17) is 9.47 Å². The second-order valence-corrected chi connectivity index (χ2v) is 3.49. The highest BCUT2D eigenvalue weighted by atomic mass is 16.5. The van der Waals surface area contributed by atoms with Crippen LogP contribution < -0.4 is 9.47 Å². The number of benzene rings is 1. The maximum absolute atomic E-state index is 11.0. The van der Waals surface area contributed by atoms with E-state index >= 15 is 0 Å². The van der Waals surface area contributed by atoms with E-state index in [9.17, 15) is 4.79 Å². The number of ether oxygens (including phenoxy) is 3. The Morgan fingerprint density at radius 3 is 2.59 bits per heavy atom. The Kier molecular flexibility index (Phi) is 5.33. The SMILES string of the molecule is CCOc1cc(CCC(=O)OC)ccc1OC. The van der Waals surface area contributed by atoms with Gasteiger partial charge in [-0.25, -0.2) is 0 Å². The summed E-state index contributed by atoms with van der Waals surface area (Å²) in [5, 5.41) is 0. The van der Waals surface area contributed by atoms with Crippen LogP contribution in [0, 0.1) is 0 Å². The minimum atomic E-state index is -0.209. The molecule has 0 heterocycles. The van der Waals surface area contributed by atoms with E-state index in [0.29, 0.717) is 30.9 Å². The number of hydrogen-bond donors (Lipinski definition) is 0. The molecule has 0 saturated carbocycles. The van der Waals surface area contributed by atoms with E-state index < -0.39 is 0 Å². The van der Waals surface area contributed by atoms with Gasteiger partial charge in [0.1, 0.15) is 0 Å². The average Bonchev–Trinajstić information content (AvgIpc) is 2.36. The van der Waals surface area contributed by atoms with Crippen LogP contribution in [0.1, 0.15) is 18.9 Å². The molecule has 17 heavy (non-hydrogen) atoms. The van der Waals surface area contributed by atoms with Crippen LogP contribution in [0.2, 0.25) is 0 Å². The van der Waals surface area contributed by atoms with E-state index in [-0.39, 0.29) is 5.97 Å². The molecule has 0 aromatic heterocycles. The third-order valence-electron chi connectivity index (χ3n) is 2.37. The fourth-order valence-electron chi connectivity index (χ4n) is 1.49. The lowest BCUT2D eigenvalue weighted by Gasteiger charge is -2.10. The molecule has 0 amide bonds. The van der Waals surface area contributed by atoms with Crippen molar-refractivity contribution in [1.82, 2.24) is 0 Å². The van der Waals surface area contributed by atoms with E-state index in [2.05, 4.69) is 4.74 Å². The number of carbonyl (C=O) groups excluding carboxylic acids is 1. The van der Waals surface area contributed by atoms with E-state index in [1.54, 1.807) is 7.11 Å². The molecule has 0 fully saturated rings. The molecule has 0 radical (unpaired) electrons. The molecule has 0 saturated heterocycles. The Hall–Kier alpha value is -1.71. The predicted molar refractivity (Wildman–Crippen MR) is 64.5 cm³/mol. The Labute approximate surface area is 101 Å². The summed E-state index contributed by atoms with van der Waals surface area (Å²) in [4.78, 5) is 11.0. The average molecular weight is 238 g/mol. The molecule has 0 aliphatic carbocycles. The van der Waals surface area contributed by atoms with Crippen molar-refractivity contribution in [3.05, 3.63) is 23.8 Å². The van der Waals surface area contributed by atoms with Gasteiger partial charge in [0.2, 0.25) is 0 Å². The number of carbonyl (C=O) groups is 1. The third-order valence-corrected chi connectivity index (χ3v) is 2.37. The number of hydrogen-bond acceptors (Lipinski definition) is 4. The van der Waals surface area contributed by atoms with Gasteiger partial charge in [0.15, 0.2) is 11.5 Å². The molecule has 0 bridgehead atoms. The van der Waals surface area contributed by atoms with Gasteiger partial charge >= 0.3 is 5.97 Å². The Morgan fingerprint density at radius 2 is 2.00 bits per heavy atom. The van der Waals surface area contributed by atoms with Crippen molar-refractivity contribution in [1.29, 1.82) is 0 Å². The lowest BCUT2D eigenvalue weighted by atomic mass is 10.1. The third kappa shape index (κ3) is 3.98. The van der Waals surface area contributed by atoms with Crippen molar-refractivity contribution >= 4 is 5.97 Å². The molecule has 0 aliphatic heterocycles. The molecule has 1 aromatic carbocycles. The standard InChI is InChI=1S/C13H18O4/c1-4-17-12-9-10(5-7-11(12)15-2)6-8-13(14)16-3/h5,7,9H,4,6,8H2,1-3H3. The van der Waals surface area contributed by atoms with Gasteiger partial charge in [-0.05, 0) is 31.0 Å². The molecule has 0 aliphatic rings. The summed E-state index contributed by atoms with van der Waals surface area (Å²) in [6.07, 6.45) is 1.01. The van der Waals surface area contributed by atoms with Crippen molar-refractivity contribution in [2.75, 3.05) is 20.8 Å². The maximum Gasteiger partial charge on any atom is 0.305 e. The predicted octanol–water partition coefficient (Wildman–Crippen LogP) is 2.20. The maximum atomic E-state index is 11.0. The van der Waals surface area contributed by atoms with Crippen LogP contribution in [0.4, 0.5) is 0 Å². The fourth-order valence-corrected chi connectivity index (χ4v) is 1.49. The molecule has 0 atom stereocenters. The zero-order valence-electron chi connectivity index (χ0n) is 10.5. The van der Waals surface area contributed by atoms with Gasteiger partial charge in [-0.3, -0.25) is 4.79 Å². The van der Waals surface area contributed by atoms with Crippen molar-refractivity contribution in [2.24, 2.45) is 0 Å². The van der Waals surface area contributed by atoms with Crippen molar-refractivity contribution < 1.29 is 19.0 Å². The molecule has 94 valence electrons. The van der Waals surface area contributed by atoms with E-state index in [1.807, 2.05) is 25.1 Å².